The van der Waals surface area contributed by atoms with Gasteiger partial charge in [0.2, 0.25) is 0 Å². The zero-order chi connectivity index (χ0) is 21.8. The van der Waals surface area contributed by atoms with Gasteiger partial charge >= 0.3 is 0 Å². The minimum Gasteiger partial charge on any atom is -0.375 e. The first-order valence-electron chi connectivity index (χ1n) is 9.49. The molecule has 0 saturated heterocycles. The number of hydrogen-bond donors (Lipinski definition) is 3. The smallest absolute Gasteiger partial charge is 0.293 e. The lowest BCUT2D eigenvalue weighted by Crippen LogP contribution is -2.23. The Labute approximate surface area is 182 Å². The Morgan fingerprint density at radius 3 is 2.61 bits per heavy atom. The summed E-state index contributed by atoms with van der Waals surface area (Å²) in [5, 5.41) is 17.9. The van der Waals surface area contributed by atoms with Gasteiger partial charge in [0.1, 0.15) is 11.5 Å². The predicted octanol–water partition coefficient (Wildman–Crippen LogP) is 4.67. The SMILES string of the molecule is O=C(NCc1nc2ccccc2[nH]1)c1ccc(NCc2ccccc2Cl)c([N+](=O)[O-])c1. The van der Waals surface area contributed by atoms with E-state index in [1.54, 1.807) is 6.07 Å². The fourth-order valence-electron chi connectivity index (χ4n) is 3.16. The topological polar surface area (TPSA) is 113 Å². The van der Waals surface area contributed by atoms with E-state index in [1.807, 2.05) is 42.5 Å². The van der Waals surface area contributed by atoms with Crippen molar-refractivity contribution in [1.29, 1.82) is 0 Å². The Balaban J connectivity index is 1.46. The summed E-state index contributed by atoms with van der Waals surface area (Å²) in [6, 6.07) is 19.1. The monoisotopic (exact) mass is 435 g/mol. The number of amides is 1. The summed E-state index contributed by atoms with van der Waals surface area (Å²) in [5.41, 5.74) is 2.78. The number of imidazole rings is 1. The number of benzene rings is 3. The van der Waals surface area contributed by atoms with Crippen LogP contribution in [-0.2, 0) is 13.1 Å². The number of aromatic nitrogens is 2. The Hall–Kier alpha value is -3.91. The fraction of sp³-hybridized carbons (Fsp3) is 0.0909. The second-order valence-corrected chi connectivity index (χ2v) is 7.22. The van der Waals surface area contributed by atoms with Crippen molar-refractivity contribution in [2.45, 2.75) is 13.1 Å². The molecule has 31 heavy (non-hydrogen) atoms. The molecule has 1 aromatic heterocycles. The summed E-state index contributed by atoms with van der Waals surface area (Å²) in [6.45, 7) is 0.492. The van der Waals surface area contributed by atoms with Gasteiger partial charge in [0.15, 0.2) is 0 Å². The number of nitrogens with zero attached hydrogens (tertiary/aromatic N) is 2. The summed E-state index contributed by atoms with van der Waals surface area (Å²) in [5.74, 6) is 0.170. The maximum absolute atomic E-state index is 12.5. The normalized spacial score (nSPS) is 10.7. The number of nitrogens with one attached hydrogen (secondary N) is 3. The predicted molar refractivity (Wildman–Crippen MR) is 119 cm³/mol. The zero-order valence-electron chi connectivity index (χ0n) is 16.3. The van der Waals surface area contributed by atoms with E-state index in [0.29, 0.717) is 23.1 Å². The van der Waals surface area contributed by atoms with Gasteiger partial charge < -0.3 is 15.6 Å². The summed E-state index contributed by atoms with van der Waals surface area (Å²) in [6.07, 6.45) is 0. The number of carbonyl (C=O) groups excluding carboxylic acids is 1. The van der Waals surface area contributed by atoms with Crippen molar-refractivity contribution in [3.8, 4) is 0 Å². The van der Waals surface area contributed by atoms with Crippen molar-refractivity contribution in [3.63, 3.8) is 0 Å². The number of nitro groups is 1. The molecule has 3 N–H and O–H groups in total. The van der Waals surface area contributed by atoms with Crippen LogP contribution in [0.1, 0.15) is 21.7 Å². The van der Waals surface area contributed by atoms with E-state index in [1.165, 1.54) is 18.2 Å². The fourth-order valence-corrected chi connectivity index (χ4v) is 3.36. The molecule has 0 saturated carbocycles. The summed E-state index contributed by atoms with van der Waals surface area (Å²) in [4.78, 5) is 31.1. The molecule has 156 valence electrons. The number of carbonyl (C=O) groups is 1. The molecule has 0 aliphatic heterocycles. The quantitative estimate of drug-likeness (QED) is 0.288. The van der Waals surface area contributed by atoms with Gasteiger partial charge in [-0.1, -0.05) is 41.9 Å². The number of fused-ring (bicyclic) bond motifs is 1. The maximum Gasteiger partial charge on any atom is 0.293 e. The van der Waals surface area contributed by atoms with Gasteiger partial charge in [0.25, 0.3) is 11.6 Å². The molecule has 0 bridgehead atoms. The van der Waals surface area contributed by atoms with Gasteiger partial charge in [0.05, 0.1) is 22.5 Å². The van der Waals surface area contributed by atoms with E-state index in [0.717, 1.165) is 16.6 Å². The van der Waals surface area contributed by atoms with Crippen LogP contribution in [0.2, 0.25) is 5.02 Å². The third-order valence-corrected chi connectivity index (χ3v) is 5.11. The summed E-state index contributed by atoms with van der Waals surface area (Å²) in [7, 11) is 0. The Bertz CT molecular complexity index is 1240. The minimum atomic E-state index is -0.523. The van der Waals surface area contributed by atoms with Crippen LogP contribution in [0.3, 0.4) is 0 Å². The van der Waals surface area contributed by atoms with E-state index < -0.39 is 10.8 Å². The first-order chi connectivity index (χ1) is 15.0. The highest BCUT2D eigenvalue weighted by molar-refractivity contribution is 6.31. The molecule has 3 aromatic carbocycles. The molecule has 0 spiro atoms. The molecule has 8 nitrogen and oxygen atoms in total. The van der Waals surface area contributed by atoms with Crippen LogP contribution in [0.5, 0.6) is 0 Å². The average Bonchev–Trinajstić information content (AvgIpc) is 3.20. The molecular formula is C22H18ClN5O3. The van der Waals surface area contributed by atoms with E-state index in [-0.39, 0.29) is 17.8 Å². The Morgan fingerprint density at radius 2 is 1.84 bits per heavy atom. The first kappa shape index (κ1) is 20.4. The Kier molecular flexibility index (Phi) is 5.81. The minimum absolute atomic E-state index is 0.174. The molecule has 4 rings (SSSR count). The van der Waals surface area contributed by atoms with E-state index >= 15 is 0 Å². The van der Waals surface area contributed by atoms with Crippen molar-refractivity contribution in [2.24, 2.45) is 0 Å². The van der Waals surface area contributed by atoms with Gasteiger partial charge in [-0.2, -0.15) is 0 Å². The number of rotatable bonds is 7. The molecule has 9 heteroatoms. The summed E-state index contributed by atoms with van der Waals surface area (Å²) < 4.78 is 0. The highest BCUT2D eigenvalue weighted by Crippen LogP contribution is 2.27. The van der Waals surface area contributed by atoms with Crippen LogP contribution in [0.25, 0.3) is 11.0 Å². The molecule has 0 fully saturated rings. The molecule has 0 radical (unpaired) electrons. The average molecular weight is 436 g/mol. The van der Waals surface area contributed by atoms with Crippen LogP contribution >= 0.6 is 11.6 Å². The standard InChI is InChI=1S/C22H18ClN5O3/c23-16-6-2-1-5-15(16)12-24-19-10-9-14(11-20(19)28(30)31)22(29)25-13-21-26-17-7-3-4-8-18(17)27-21/h1-11,24H,12-13H2,(H,25,29)(H,26,27). The number of nitro benzene ring substituents is 1. The van der Waals surface area contributed by atoms with Crippen LogP contribution in [0, 0.1) is 10.1 Å². The zero-order valence-corrected chi connectivity index (χ0v) is 17.0. The largest absolute Gasteiger partial charge is 0.375 e. The lowest BCUT2D eigenvalue weighted by molar-refractivity contribution is -0.384. The van der Waals surface area contributed by atoms with E-state index in [4.69, 9.17) is 11.6 Å². The molecule has 0 atom stereocenters. The van der Waals surface area contributed by atoms with Crippen LogP contribution in [-0.4, -0.2) is 20.8 Å². The lowest BCUT2D eigenvalue weighted by atomic mass is 10.1. The van der Waals surface area contributed by atoms with Crippen LogP contribution in [0.15, 0.2) is 66.7 Å². The second-order valence-electron chi connectivity index (χ2n) is 6.82. The lowest BCUT2D eigenvalue weighted by Gasteiger charge is -2.10. The highest BCUT2D eigenvalue weighted by Gasteiger charge is 2.18. The third-order valence-electron chi connectivity index (χ3n) is 4.74. The highest BCUT2D eigenvalue weighted by atomic mass is 35.5. The second kappa shape index (κ2) is 8.85. The molecule has 0 unspecified atom stereocenters. The van der Waals surface area contributed by atoms with Gasteiger partial charge in [-0.25, -0.2) is 4.98 Å². The van der Waals surface area contributed by atoms with E-state index in [2.05, 4.69) is 20.6 Å². The number of para-hydroxylation sites is 2. The molecule has 1 heterocycles. The molecule has 0 aliphatic rings. The third kappa shape index (κ3) is 4.65. The van der Waals surface area contributed by atoms with E-state index in [9.17, 15) is 14.9 Å². The van der Waals surface area contributed by atoms with Crippen molar-refractivity contribution >= 4 is 39.9 Å². The number of halogens is 1. The molecule has 1 amide bonds. The first-order valence-corrected chi connectivity index (χ1v) is 9.86. The molecular weight excluding hydrogens is 418 g/mol. The van der Waals surface area contributed by atoms with Crippen molar-refractivity contribution in [1.82, 2.24) is 15.3 Å². The number of hydrogen-bond acceptors (Lipinski definition) is 5. The Morgan fingerprint density at radius 1 is 1.06 bits per heavy atom. The summed E-state index contributed by atoms with van der Waals surface area (Å²) >= 11 is 6.14. The van der Waals surface area contributed by atoms with Crippen molar-refractivity contribution in [2.75, 3.05) is 5.32 Å². The molecule has 0 aliphatic carbocycles. The maximum atomic E-state index is 12.5. The molecule has 4 aromatic rings. The van der Waals surface area contributed by atoms with Crippen LogP contribution in [0.4, 0.5) is 11.4 Å². The van der Waals surface area contributed by atoms with Gasteiger partial charge in [-0.3, -0.25) is 14.9 Å². The van der Waals surface area contributed by atoms with Crippen molar-refractivity contribution < 1.29 is 9.72 Å². The number of anilines is 1. The number of H-pyrrole nitrogens is 1. The van der Waals surface area contributed by atoms with Gasteiger partial charge in [0, 0.05) is 23.2 Å². The van der Waals surface area contributed by atoms with Gasteiger partial charge in [-0.05, 0) is 35.9 Å². The number of aromatic amines is 1. The van der Waals surface area contributed by atoms with Crippen molar-refractivity contribution in [3.05, 3.63) is 98.8 Å². The van der Waals surface area contributed by atoms with Crippen LogP contribution < -0.4 is 10.6 Å². The van der Waals surface area contributed by atoms with Gasteiger partial charge in [-0.15, -0.1) is 0 Å².